The molecule has 4 aromatic rings. The van der Waals surface area contributed by atoms with E-state index in [1.165, 1.54) is 23.5 Å². The second-order valence-electron chi connectivity index (χ2n) is 9.59. The van der Waals surface area contributed by atoms with Gasteiger partial charge in [-0.25, -0.2) is 13.4 Å². The fourth-order valence-electron chi connectivity index (χ4n) is 5.05. The van der Waals surface area contributed by atoms with Crippen LogP contribution >= 0.6 is 11.3 Å². The van der Waals surface area contributed by atoms with Gasteiger partial charge in [-0.15, -0.1) is 0 Å². The number of aromatic nitrogens is 2. The summed E-state index contributed by atoms with van der Waals surface area (Å²) in [5.74, 6) is 0.893. The van der Waals surface area contributed by atoms with E-state index in [2.05, 4.69) is 4.98 Å². The van der Waals surface area contributed by atoms with Gasteiger partial charge in [-0.3, -0.25) is 14.7 Å². The van der Waals surface area contributed by atoms with Gasteiger partial charge >= 0.3 is 0 Å². The Morgan fingerprint density at radius 1 is 1.07 bits per heavy atom. The van der Waals surface area contributed by atoms with Crippen molar-refractivity contribution in [3.8, 4) is 11.5 Å². The Bertz CT molecular complexity index is 1550. The molecule has 0 N–H and O–H groups in total. The molecule has 0 bridgehead atoms. The molecule has 5 rings (SSSR count). The zero-order valence-electron chi connectivity index (χ0n) is 22.7. The van der Waals surface area contributed by atoms with Crippen molar-refractivity contribution in [1.29, 1.82) is 0 Å². The number of thiazole rings is 1. The van der Waals surface area contributed by atoms with Crippen LogP contribution in [0.3, 0.4) is 0 Å². The average Bonchev–Trinajstić information content (AvgIpc) is 3.45. The van der Waals surface area contributed by atoms with E-state index in [1.807, 2.05) is 19.1 Å². The van der Waals surface area contributed by atoms with Gasteiger partial charge in [0.05, 0.1) is 25.7 Å². The number of piperidine rings is 1. The maximum atomic E-state index is 13.9. The van der Waals surface area contributed by atoms with Crippen LogP contribution in [0.1, 0.15) is 48.5 Å². The van der Waals surface area contributed by atoms with Crippen molar-refractivity contribution in [3.05, 3.63) is 72.1 Å². The number of fused-ring (bicyclic) bond motifs is 1. The van der Waals surface area contributed by atoms with Gasteiger partial charge in [0.1, 0.15) is 21.7 Å². The van der Waals surface area contributed by atoms with Crippen LogP contribution in [0.15, 0.2) is 65.8 Å². The molecule has 0 aliphatic carbocycles. The predicted octanol–water partition coefficient (Wildman–Crippen LogP) is 5.51. The van der Waals surface area contributed by atoms with Crippen LogP contribution in [0.2, 0.25) is 0 Å². The predicted molar refractivity (Wildman–Crippen MR) is 156 cm³/mol. The highest BCUT2D eigenvalue weighted by atomic mass is 32.2. The Morgan fingerprint density at radius 2 is 1.82 bits per heavy atom. The van der Waals surface area contributed by atoms with E-state index in [4.69, 9.17) is 14.5 Å². The zero-order chi connectivity index (χ0) is 28.3. The van der Waals surface area contributed by atoms with Crippen molar-refractivity contribution in [2.75, 3.05) is 25.7 Å². The first-order valence-electron chi connectivity index (χ1n) is 13.2. The molecule has 210 valence electrons. The number of anilines is 1. The van der Waals surface area contributed by atoms with Crippen molar-refractivity contribution in [2.45, 2.75) is 50.1 Å². The van der Waals surface area contributed by atoms with Crippen LogP contribution in [0, 0.1) is 0 Å². The van der Waals surface area contributed by atoms with Crippen molar-refractivity contribution in [3.63, 3.8) is 0 Å². The van der Waals surface area contributed by atoms with Gasteiger partial charge in [0.2, 0.25) is 10.0 Å². The number of carbonyl (C=O) groups excluding carboxylic acids is 1. The molecule has 0 radical (unpaired) electrons. The minimum Gasteiger partial charge on any atom is -0.495 e. The third kappa shape index (κ3) is 5.41. The molecule has 11 heteroatoms. The van der Waals surface area contributed by atoms with E-state index in [0.29, 0.717) is 34.3 Å². The monoisotopic (exact) mass is 580 g/mol. The summed E-state index contributed by atoms with van der Waals surface area (Å²) in [5, 5.41) is 0.461. The van der Waals surface area contributed by atoms with Gasteiger partial charge in [-0.2, -0.15) is 4.31 Å². The molecule has 3 heterocycles. The number of amides is 1. The van der Waals surface area contributed by atoms with Crippen LogP contribution < -0.4 is 14.4 Å². The molecule has 0 saturated carbocycles. The first-order valence-corrected chi connectivity index (χ1v) is 15.5. The van der Waals surface area contributed by atoms with Crippen LogP contribution in [0.4, 0.5) is 5.13 Å². The van der Waals surface area contributed by atoms with E-state index in [-0.39, 0.29) is 23.4 Å². The van der Waals surface area contributed by atoms with Gasteiger partial charge in [-0.1, -0.05) is 30.7 Å². The number of hydrogen-bond acceptors (Lipinski definition) is 8. The molecule has 40 heavy (non-hydrogen) atoms. The lowest BCUT2D eigenvalue weighted by atomic mass is 10.0. The second-order valence-corrected chi connectivity index (χ2v) is 12.5. The summed E-state index contributed by atoms with van der Waals surface area (Å²) in [6.07, 6.45) is 6.91. The number of rotatable bonds is 9. The zero-order valence-corrected chi connectivity index (χ0v) is 24.4. The molecule has 1 fully saturated rings. The quantitative estimate of drug-likeness (QED) is 0.257. The van der Waals surface area contributed by atoms with Gasteiger partial charge in [-0.05, 0) is 67.3 Å². The number of ether oxygens (including phenoxy) is 2. The Hall–Kier alpha value is -3.54. The molecule has 1 atom stereocenters. The molecular formula is C29H32N4O5S2. The second kappa shape index (κ2) is 11.9. The lowest BCUT2D eigenvalue weighted by molar-refractivity contribution is 0.0985. The molecule has 0 spiro atoms. The Morgan fingerprint density at radius 3 is 2.50 bits per heavy atom. The van der Waals surface area contributed by atoms with Crippen molar-refractivity contribution >= 4 is 42.6 Å². The maximum absolute atomic E-state index is 13.9. The molecule has 9 nitrogen and oxygen atoms in total. The number of carbonyl (C=O) groups is 1. The van der Waals surface area contributed by atoms with E-state index in [0.717, 1.165) is 35.9 Å². The number of methoxy groups -OCH3 is 2. The van der Waals surface area contributed by atoms with Crippen molar-refractivity contribution < 1.29 is 22.7 Å². The topological polar surface area (TPSA) is 102 Å². The summed E-state index contributed by atoms with van der Waals surface area (Å²) < 4.78 is 40.3. The normalized spacial score (nSPS) is 16.1. The molecule has 1 saturated heterocycles. The van der Waals surface area contributed by atoms with E-state index in [9.17, 15) is 13.2 Å². The standard InChI is InChI=1S/C29H32N4O5S2/c1-4-22-9-5-6-17-33(22)40(35,36)23-12-10-21(11-13-23)28(34)32(19-20-8-7-16-30-18-20)29-31-26-24(37-2)14-15-25(38-3)27(26)39-29/h7-8,10-16,18,22H,4-6,9,17,19H2,1-3H3. The fourth-order valence-corrected chi connectivity index (χ4v) is 7.89. The Labute approximate surface area is 238 Å². The molecule has 1 amide bonds. The van der Waals surface area contributed by atoms with Gasteiger partial charge in [0, 0.05) is 30.5 Å². The minimum absolute atomic E-state index is 0.00282. The van der Waals surface area contributed by atoms with E-state index >= 15 is 0 Å². The van der Waals surface area contributed by atoms with Crippen LogP contribution in [-0.4, -0.2) is 55.4 Å². The number of hydrogen-bond donors (Lipinski definition) is 0. The third-order valence-corrected chi connectivity index (χ3v) is 10.2. The summed E-state index contributed by atoms with van der Waals surface area (Å²) in [5.41, 5.74) is 1.77. The summed E-state index contributed by atoms with van der Waals surface area (Å²) in [6.45, 7) is 2.76. The number of nitrogens with zero attached hydrogens (tertiary/aromatic N) is 4. The molecule has 2 aromatic heterocycles. The molecule has 1 aliphatic rings. The highest BCUT2D eigenvalue weighted by Crippen LogP contribution is 2.41. The van der Waals surface area contributed by atoms with Crippen LogP contribution in [0.5, 0.6) is 11.5 Å². The Balaban J connectivity index is 1.51. The maximum Gasteiger partial charge on any atom is 0.260 e. The highest BCUT2D eigenvalue weighted by molar-refractivity contribution is 7.89. The smallest absolute Gasteiger partial charge is 0.260 e. The van der Waals surface area contributed by atoms with Gasteiger partial charge < -0.3 is 9.47 Å². The van der Waals surface area contributed by atoms with Crippen molar-refractivity contribution in [1.82, 2.24) is 14.3 Å². The molecular weight excluding hydrogens is 548 g/mol. The highest BCUT2D eigenvalue weighted by Gasteiger charge is 2.33. The molecule has 2 aromatic carbocycles. The van der Waals surface area contributed by atoms with Gasteiger partial charge in [0.25, 0.3) is 5.91 Å². The average molecular weight is 581 g/mol. The van der Waals surface area contributed by atoms with Crippen molar-refractivity contribution in [2.24, 2.45) is 0 Å². The van der Waals surface area contributed by atoms with Crippen LogP contribution in [0.25, 0.3) is 10.2 Å². The van der Waals surface area contributed by atoms with Crippen LogP contribution in [-0.2, 0) is 16.6 Å². The SMILES string of the molecule is CCC1CCCCN1S(=O)(=O)c1ccc(C(=O)N(Cc2cccnc2)c2nc3c(OC)ccc(OC)c3s2)cc1. The summed E-state index contributed by atoms with van der Waals surface area (Å²) in [6, 6.07) is 13.5. The largest absolute Gasteiger partial charge is 0.495 e. The summed E-state index contributed by atoms with van der Waals surface area (Å²) >= 11 is 1.32. The third-order valence-electron chi connectivity index (χ3n) is 7.19. The molecule has 1 unspecified atom stereocenters. The Kier molecular flexibility index (Phi) is 8.34. The summed E-state index contributed by atoms with van der Waals surface area (Å²) in [7, 11) is -0.502. The van der Waals surface area contributed by atoms with E-state index in [1.54, 1.807) is 60.1 Å². The van der Waals surface area contributed by atoms with E-state index < -0.39 is 10.0 Å². The van der Waals surface area contributed by atoms with Gasteiger partial charge in [0.15, 0.2) is 5.13 Å². The minimum atomic E-state index is -3.66. The lowest BCUT2D eigenvalue weighted by Crippen LogP contribution is -2.43. The fraction of sp³-hybridized carbons (Fsp3) is 0.345. The first-order chi connectivity index (χ1) is 19.4. The number of sulfonamides is 1. The lowest BCUT2D eigenvalue weighted by Gasteiger charge is -2.34. The number of pyridine rings is 1. The number of benzene rings is 2. The summed E-state index contributed by atoms with van der Waals surface area (Å²) in [4.78, 5) is 24.7. The molecule has 1 aliphatic heterocycles. The first kappa shape index (κ1) is 28.0.